The number of aliphatic hydroxyl groups is 1. The van der Waals surface area contributed by atoms with Crippen LogP contribution in [0.2, 0.25) is 0 Å². The van der Waals surface area contributed by atoms with Crippen molar-refractivity contribution in [3.8, 4) is 0 Å². The molecule has 0 saturated heterocycles. The molecule has 0 aliphatic heterocycles. The zero-order chi connectivity index (χ0) is 28.7. The highest BCUT2D eigenvalue weighted by molar-refractivity contribution is 5.90. The molecule has 2 aromatic rings. The van der Waals surface area contributed by atoms with Crippen LogP contribution in [0.5, 0.6) is 0 Å². The predicted octanol–water partition coefficient (Wildman–Crippen LogP) is 6.53. The van der Waals surface area contributed by atoms with Gasteiger partial charge in [-0.3, -0.25) is 4.79 Å². The minimum Gasteiger partial charge on any atom is -0.469 e. The number of rotatable bonds is 16. The van der Waals surface area contributed by atoms with Gasteiger partial charge in [0.2, 0.25) is 0 Å². The number of hydrogen-bond donors (Lipinski definition) is 1. The van der Waals surface area contributed by atoms with E-state index < -0.39 is 30.3 Å². The monoisotopic (exact) mass is 552 g/mol. The van der Waals surface area contributed by atoms with Gasteiger partial charge in [-0.05, 0) is 56.4 Å². The molecule has 5 atom stereocenters. The summed E-state index contributed by atoms with van der Waals surface area (Å²) in [6, 6.07) is 17.8. The highest BCUT2D eigenvalue weighted by atomic mass is 16.6. The molecule has 7 nitrogen and oxygen atoms in total. The maximum atomic E-state index is 13.1. The Labute approximate surface area is 238 Å². The van der Waals surface area contributed by atoms with Gasteiger partial charge >= 0.3 is 17.9 Å². The maximum absolute atomic E-state index is 13.1. The van der Waals surface area contributed by atoms with E-state index in [-0.39, 0.29) is 17.8 Å². The predicted molar refractivity (Wildman–Crippen MR) is 153 cm³/mol. The van der Waals surface area contributed by atoms with Gasteiger partial charge in [-0.25, -0.2) is 9.59 Å². The van der Waals surface area contributed by atoms with Crippen molar-refractivity contribution in [2.45, 2.75) is 95.9 Å². The second-order valence-corrected chi connectivity index (χ2v) is 10.7. The Bertz CT molecular complexity index is 1040. The zero-order valence-corrected chi connectivity index (χ0v) is 23.8. The van der Waals surface area contributed by atoms with Gasteiger partial charge in [0.05, 0.1) is 24.3 Å². The fourth-order valence-corrected chi connectivity index (χ4v) is 5.67. The number of carbonyl (C=O) groups excluding carboxylic acids is 3. The standard InChI is InChI=1S/C33H44O7/c1-3-4-7-18-26(34)21-22-28-27(19-12-13-20-31(35)38-2)29(39-32(36)24-14-8-5-9-15-24)23-30(28)40-33(37)25-16-10-6-11-17-25/h5-6,8-11,14-17,26-30,34H,3-4,7,12-13,18-23H2,1-2H3/t26-,27-,28+,29-,30+/m1/s1. The minimum atomic E-state index is -0.449. The number of aliphatic hydroxyl groups excluding tert-OH is 1. The minimum absolute atomic E-state index is 0.0678. The molecule has 0 unspecified atom stereocenters. The molecular formula is C33H44O7. The van der Waals surface area contributed by atoms with E-state index in [0.717, 1.165) is 32.1 Å². The van der Waals surface area contributed by atoms with Crippen molar-refractivity contribution in [1.82, 2.24) is 0 Å². The van der Waals surface area contributed by atoms with Crippen LogP contribution in [0, 0.1) is 11.8 Å². The van der Waals surface area contributed by atoms with Crippen molar-refractivity contribution in [2.24, 2.45) is 11.8 Å². The van der Waals surface area contributed by atoms with Crippen LogP contribution < -0.4 is 0 Å². The summed E-state index contributed by atoms with van der Waals surface area (Å²) in [4.78, 5) is 37.8. The molecule has 2 aromatic carbocycles. The maximum Gasteiger partial charge on any atom is 0.338 e. The average Bonchev–Trinajstić information content (AvgIpc) is 3.29. The molecule has 1 fully saturated rings. The SMILES string of the molecule is CCCCC[C@@H](O)CC[C@H]1[C@@H](CCCCC(=O)OC)[C@H](OC(=O)c2ccccc2)C[C@@H]1OC(=O)c1ccccc1. The van der Waals surface area contributed by atoms with Crippen LogP contribution in [0.15, 0.2) is 60.7 Å². The van der Waals surface area contributed by atoms with Crippen molar-refractivity contribution >= 4 is 17.9 Å². The van der Waals surface area contributed by atoms with Crippen molar-refractivity contribution in [2.75, 3.05) is 7.11 Å². The van der Waals surface area contributed by atoms with Crippen molar-refractivity contribution < 1.29 is 33.7 Å². The lowest BCUT2D eigenvalue weighted by Crippen LogP contribution is -2.28. The molecule has 218 valence electrons. The van der Waals surface area contributed by atoms with Gasteiger partial charge in [0.1, 0.15) is 12.2 Å². The Morgan fingerprint density at radius 2 is 1.32 bits per heavy atom. The van der Waals surface area contributed by atoms with Gasteiger partial charge < -0.3 is 19.3 Å². The lowest BCUT2D eigenvalue weighted by atomic mass is 9.84. The van der Waals surface area contributed by atoms with Gasteiger partial charge in [-0.2, -0.15) is 0 Å². The summed E-state index contributed by atoms with van der Waals surface area (Å²) in [5.74, 6) is -1.21. The van der Waals surface area contributed by atoms with Crippen LogP contribution in [0.4, 0.5) is 0 Å². The van der Waals surface area contributed by atoms with Crippen molar-refractivity contribution in [3.63, 3.8) is 0 Å². The van der Waals surface area contributed by atoms with Crippen molar-refractivity contribution in [1.29, 1.82) is 0 Å². The summed E-state index contributed by atoms with van der Waals surface area (Å²) in [5.41, 5.74) is 0.944. The Morgan fingerprint density at radius 1 is 0.775 bits per heavy atom. The largest absolute Gasteiger partial charge is 0.469 e. The van der Waals surface area contributed by atoms with Crippen LogP contribution in [0.1, 0.15) is 98.3 Å². The third-order valence-electron chi connectivity index (χ3n) is 7.88. The van der Waals surface area contributed by atoms with Crippen LogP contribution in [0.25, 0.3) is 0 Å². The Morgan fingerprint density at radius 3 is 1.85 bits per heavy atom. The second-order valence-electron chi connectivity index (χ2n) is 10.7. The first-order valence-electron chi connectivity index (χ1n) is 14.7. The van der Waals surface area contributed by atoms with Gasteiger partial charge in [0.15, 0.2) is 0 Å². The summed E-state index contributed by atoms with van der Waals surface area (Å²) < 4.78 is 16.9. The zero-order valence-electron chi connectivity index (χ0n) is 23.8. The highest BCUT2D eigenvalue weighted by Crippen LogP contribution is 2.43. The van der Waals surface area contributed by atoms with Crippen molar-refractivity contribution in [3.05, 3.63) is 71.8 Å². The Balaban J connectivity index is 1.78. The topological polar surface area (TPSA) is 99.1 Å². The summed E-state index contributed by atoms with van der Waals surface area (Å²) in [5, 5.41) is 10.7. The van der Waals surface area contributed by atoms with E-state index in [1.807, 2.05) is 12.1 Å². The molecule has 0 spiro atoms. The molecule has 40 heavy (non-hydrogen) atoms. The summed E-state index contributed by atoms with van der Waals surface area (Å²) in [6.45, 7) is 2.14. The summed E-state index contributed by atoms with van der Waals surface area (Å²) >= 11 is 0. The van der Waals surface area contributed by atoms with Crippen LogP contribution >= 0.6 is 0 Å². The molecule has 1 saturated carbocycles. The Kier molecular flexibility index (Phi) is 13.2. The molecule has 0 amide bonds. The lowest BCUT2D eigenvalue weighted by molar-refractivity contribution is -0.140. The molecular weight excluding hydrogens is 508 g/mol. The first kappa shape index (κ1) is 31.3. The third-order valence-corrected chi connectivity index (χ3v) is 7.88. The van der Waals surface area contributed by atoms with E-state index in [9.17, 15) is 19.5 Å². The van der Waals surface area contributed by atoms with Gasteiger partial charge in [-0.15, -0.1) is 0 Å². The van der Waals surface area contributed by atoms with E-state index in [1.165, 1.54) is 7.11 Å². The highest BCUT2D eigenvalue weighted by Gasteiger charge is 2.46. The molecule has 0 aromatic heterocycles. The second kappa shape index (κ2) is 16.8. The fraction of sp³-hybridized carbons (Fsp3) is 0.545. The van der Waals surface area contributed by atoms with Gasteiger partial charge in [0.25, 0.3) is 0 Å². The molecule has 0 bridgehead atoms. The van der Waals surface area contributed by atoms with Crippen LogP contribution in [-0.4, -0.2) is 48.4 Å². The number of unbranched alkanes of at least 4 members (excludes halogenated alkanes) is 3. The average molecular weight is 553 g/mol. The number of benzene rings is 2. The first-order chi connectivity index (χ1) is 19.4. The normalized spacial score (nSPS) is 21.0. The summed E-state index contributed by atoms with van der Waals surface area (Å²) in [7, 11) is 1.38. The molecule has 3 rings (SSSR count). The van der Waals surface area contributed by atoms with E-state index >= 15 is 0 Å². The lowest BCUT2D eigenvalue weighted by Gasteiger charge is -2.27. The number of esters is 3. The third kappa shape index (κ3) is 9.77. The van der Waals surface area contributed by atoms with Gasteiger partial charge in [0, 0.05) is 24.7 Å². The van der Waals surface area contributed by atoms with Gasteiger partial charge in [-0.1, -0.05) is 69.0 Å². The smallest absolute Gasteiger partial charge is 0.338 e. The van der Waals surface area contributed by atoms with E-state index in [2.05, 4.69) is 6.92 Å². The van der Waals surface area contributed by atoms with E-state index in [0.29, 0.717) is 49.7 Å². The fourth-order valence-electron chi connectivity index (χ4n) is 5.67. The molecule has 0 heterocycles. The van der Waals surface area contributed by atoms with E-state index in [1.54, 1.807) is 48.5 Å². The Hall–Kier alpha value is -3.19. The number of methoxy groups -OCH3 is 1. The first-order valence-corrected chi connectivity index (χ1v) is 14.7. The molecule has 7 heteroatoms. The number of hydrogen-bond acceptors (Lipinski definition) is 7. The molecule has 1 aliphatic carbocycles. The quantitative estimate of drug-likeness (QED) is 0.144. The number of carbonyl (C=O) groups is 3. The molecule has 1 N–H and O–H groups in total. The van der Waals surface area contributed by atoms with Crippen LogP contribution in [-0.2, 0) is 19.0 Å². The van der Waals surface area contributed by atoms with Crippen LogP contribution in [0.3, 0.4) is 0 Å². The van der Waals surface area contributed by atoms with E-state index in [4.69, 9.17) is 14.2 Å². The summed E-state index contributed by atoms with van der Waals surface area (Å²) in [6.07, 6.45) is 6.64. The molecule has 1 aliphatic rings. The molecule has 0 radical (unpaired) electrons. The number of ether oxygens (including phenoxy) is 3.